The van der Waals surface area contributed by atoms with Crippen molar-refractivity contribution in [2.75, 3.05) is 23.8 Å². The molecule has 4 rings (SSSR count). The van der Waals surface area contributed by atoms with Crippen LogP contribution in [-0.4, -0.2) is 33.2 Å². The summed E-state index contributed by atoms with van der Waals surface area (Å²) in [6.45, 7) is 0.216. The minimum Gasteiger partial charge on any atom is -0.486 e. The van der Waals surface area contributed by atoms with Crippen LogP contribution < -0.4 is 9.64 Å². The van der Waals surface area contributed by atoms with E-state index in [4.69, 9.17) is 4.74 Å². The average Bonchev–Trinajstić information content (AvgIpc) is 2.64. The summed E-state index contributed by atoms with van der Waals surface area (Å²) in [5.41, 5.74) is 0.602. The van der Waals surface area contributed by atoms with Crippen molar-refractivity contribution in [3.63, 3.8) is 0 Å². The summed E-state index contributed by atoms with van der Waals surface area (Å²) >= 11 is 0. The highest BCUT2D eigenvalue weighted by Gasteiger charge is 2.38. The molecule has 2 aliphatic heterocycles. The van der Waals surface area contributed by atoms with Gasteiger partial charge in [-0.05, 0) is 30.2 Å². The smallest absolute Gasteiger partial charge is 0.234 e. The molecule has 1 atom stereocenters. The molecule has 0 N–H and O–H groups in total. The molecule has 0 spiro atoms. The topological polar surface area (TPSA) is 63.7 Å². The van der Waals surface area contributed by atoms with Gasteiger partial charge in [0.15, 0.2) is 21.4 Å². The Morgan fingerprint density at radius 1 is 1.15 bits per heavy atom. The van der Waals surface area contributed by atoms with Crippen molar-refractivity contribution < 1.29 is 26.7 Å². The van der Waals surface area contributed by atoms with Crippen molar-refractivity contribution in [3.8, 4) is 5.75 Å². The SMILES string of the molecule is O=C(C1CCS(=O)(=O)c2ccccc21)N1CCOc2c1ccc(F)c2F. The molecule has 1 unspecified atom stereocenters. The lowest BCUT2D eigenvalue weighted by Gasteiger charge is -2.34. The zero-order valence-corrected chi connectivity index (χ0v) is 14.4. The van der Waals surface area contributed by atoms with Gasteiger partial charge in [0.25, 0.3) is 0 Å². The Morgan fingerprint density at radius 2 is 1.92 bits per heavy atom. The number of halogens is 2. The molecule has 2 aromatic carbocycles. The highest BCUT2D eigenvalue weighted by atomic mass is 32.2. The highest BCUT2D eigenvalue weighted by Crippen LogP contribution is 2.40. The summed E-state index contributed by atoms with van der Waals surface area (Å²) < 4.78 is 57.2. The Bertz CT molecular complexity index is 1010. The molecule has 8 heteroatoms. The van der Waals surface area contributed by atoms with Crippen molar-refractivity contribution in [2.24, 2.45) is 0 Å². The van der Waals surface area contributed by atoms with Crippen LogP contribution in [0.4, 0.5) is 14.5 Å². The van der Waals surface area contributed by atoms with Crippen LogP contribution in [0.3, 0.4) is 0 Å². The van der Waals surface area contributed by atoms with Crippen LogP contribution in [0.15, 0.2) is 41.3 Å². The van der Waals surface area contributed by atoms with E-state index in [0.717, 1.165) is 6.07 Å². The number of amides is 1. The number of hydrogen-bond acceptors (Lipinski definition) is 4. The first kappa shape index (κ1) is 17.0. The van der Waals surface area contributed by atoms with Gasteiger partial charge in [0.1, 0.15) is 6.61 Å². The molecule has 5 nitrogen and oxygen atoms in total. The Kier molecular flexibility index (Phi) is 3.95. The fourth-order valence-corrected chi connectivity index (χ4v) is 5.12. The summed E-state index contributed by atoms with van der Waals surface area (Å²) in [7, 11) is -3.42. The van der Waals surface area contributed by atoms with Gasteiger partial charge >= 0.3 is 0 Å². The minimum absolute atomic E-state index is 0.0335. The first-order valence-corrected chi connectivity index (χ1v) is 9.79. The minimum atomic E-state index is -3.42. The Balaban J connectivity index is 1.76. The number of sulfone groups is 1. The maximum absolute atomic E-state index is 14.0. The highest BCUT2D eigenvalue weighted by molar-refractivity contribution is 7.91. The molecule has 136 valence electrons. The Morgan fingerprint density at radius 3 is 2.73 bits per heavy atom. The number of rotatable bonds is 1. The van der Waals surface area contributed by atoms with Gasteiger partial charge in [0, 0.05) is 0 Å². The molecule has 0 saturated heterocycles. The number of carbonyl (C=O) groups excluding carboxylic acids is 1. The average molecular weight is 379 g/mol. The molecule has 0 aromatic heterocycles. The van der Waals surface area contributed by atoms with E-state index in [2.05, 4.69) is 0 Å². The molecule has 0 bridgehead atoms. The second-order valence-corrected chi connectivity index (χ2v) is 8.32. The summed E-state index contributed by atoms with van der Waals surface area (Å²) in [5, 5.41) is 0. The molecule has 1 amide bonds. The van der Waals surface area contributed by atoms with Gasteiger partial charge in [-0.3, -0.25) is 4.79 Å². The van der Waals surface area contributed by atoms with Gasteiger partial charge in [-0.1, -0.05) is 18.2 Å². The van der Waals surface area contributed by atoms with Gasteiger partial charge in [0.2, 0.25) is 11.7 Å². The van der Waals surface area contributed by atoms with Crippen molar-refractivity contribution in [2.45, 2.75) is 17.2 Å². The normalized spacial score (nSPS) is 20.7. The standard InChI is InChI=1S/C18H15F2NO4S/c19-13-5-6-14-17(16(13)20)25-9-8-21(14)18(22)12-7-10-26(23,24)15-4-2-1-3-11(12)15/h1-6,12H,7-10H2. The molecule has 2 aliphatic rings. The molecule has 2 heterocycles. The number of nitrogens with zero attached hydrogens (tertiary/aromatic N) is 1. The van der Waals surface area contributed by atoms with Crippen molar-refractivity contribution in [1.82, 2.24) is 0 Å². The lowest BCUT2D eigenvalue weighted by molar-refractivity contribution is -0.120. The zero-order valence-electron chi connectivity index (χ0n) is 13.6. The van der Waals surface area contributed by atoms with E-state index in [0.29, 0.717) is 5.56 Å². The van der Waals surface area contributed by atoms with Gasteiger partial charge in [-0.2, -0.15) is 4.39 Å². The van der Waals surface area contributed by atoms with Crippen LogP contribution >= 0.6 is 0 Å². The third-order valence-corrected chi connectivity index (χ3v) is 6.57. The van der Waals surface area contributed by atoms with Gasteiger partial charge in [-0.25, -0.2) is 12.8 Å². The second kappa shape index (κ2) is 6.05. The second-order valence-electron chi connectivity index (χ2n) is 6.25. The summed E-state index contributed by atoms with van der Waals surface area (Å²) in [6, 6.07) is 8.67. The van der Waals surface area contributed by atoms with Gasteiger partial charge < -0.3 is 9.64 Å². The number of hydrogen-bond donors (Lipinski definition) is 0. The predicted molar refractivity (Wildman–Crippen MR) is 90.1 cm³/mol. The molecule has 0 saturated carbocycles. The molecule has 2 aromatic rings. The molecular weight excluding hydrogens is 364 g/mol. The number of fused-ring (bicyclic) bond motifs is 2. The number of ether oxygens (including phenoxy) is 1. The van der Waals surface area contributed by atoms with Crippen molar-refractivity contribution >= 4 is 21.4 Å². The monoisotopic (exact) mass is 379 g/mol. The lowest BCUT2D eigenvalue weighted by atomic mass is 9.94. The van der Waals surface area contributed by atoms with Crippen LogP contribution in [0, 0.1) is 11.6 Å². The van der Waals surface area contributed by atoms with Crippen LogP contribution in [0.1, 0.15) is 17.9 Å². The summed E-state index contributed by atoms with van der Waals surface area (Å²) in [6.07, 6.45) is 0.147. The molecular formula is C18H15F2NO4S. The first-order valence-electron chi connectivity index (χ1n) is 8.14. The maximum atomic E-state index is 14.0. The lowest BCUT2D eigenvalue weighted by Crippen LogP contribution is -2.42. The van der Waals surface area contributed by atoms with Crippen LogP contribution in [-0.2, 0) is 14.6 Å². The maximum Gasteiger partial charge on any atom is 0.234 e. The van der Waals surface area contributed by atoms with E-state index in [-0.39, 0.29) is 47.6 Å². The fraction of sp³-hybridized carbons (Fsp3) is 0.278. The fourth-order valence-electron chi connectivity index (χ4n) is 3.49. The van der Waals surface area contributed by atoms with Crippen LogP contribution in [0.2, 0.25) is 0 Å². The third kappa shape index (κ3) is 2.56. The molecule has 0 radical (unpaired) electrons. The number of carbonyl (C=O) groups is 1. The Labute approximate surface area is 149 Å². The number of anilines is 1. The Hall–Kier alpha value is -2.48. The van der Waals surface area contributed by atoms with E-state index in [1.54, 1.807) is 18.2 Å². The van der Waals surface area contributed by atoms with Crippen molar-refractivity contribution in [3.05, 3.63) is 53.6 Å². The summed E-state index contributed by atoms with van der Waals surface area (Å²) in [5.74, 6) is -3.60. The summed E-state index contributed by atoms with van der Waals surface area (Å²) in [4.78, 5) is 14.6. The van der Waals surface area contributed by atoms with E-state index in [9.17, 15) is 22.0 Å². The van der Waals surface area contributed by atoms with E-state index < -0.39 is 27.4 Å². The van der Waals surface area contributed by atoms with E-state index >= 15 is 0 Å². The predicted octanol–water partition coefficient (Wildman–Crippen LogP) is 2.65. The zero-order chi connectivity index (χ0) is 18.5. The molecule has 0 fully saturated rings. The molecule has 26 heavy (non-hydrogen) atoms. The van der Waals surface area contributed by atoms with Gasteiger partial charge in [0.05, 0.1) is 28.8 Å². The van der Waals surface area contributed by atoms with Crippen molar-refractivity contribution in [1.29, 1.82) is 0 Å². The first-order chi connectivity index (χ1) is 12.4. The quantitative estimate of drug-likeness (QED) is 0.764. The number of benzene rings is 2. The largest absolute Gasteiger partial charge is 0.486 e. The van der Waals surface area contributed by atoms with E-state index in [1.807, 2.05) is 0 Å². The third-order valence-electron chi connectivity index (χ3n) is 4.75. The van der Waals surface area contributed by atoms with Crippen LogP contribution in [0.25, 0.3) is 0 Å². The van der Waals surface area contributed by atoms with Gasteiger partial charge in [-0.15, -0.1) is 0 Å². The van der Waals surface area contributed by atoms with Crippen LogP contribution in [0.5, 0.6) is 5.75 Å². The molecule has 0 aliphatic carbocycles. The van der Waals surface area contributed by atoms with E-state index in [1.165, 1.54) is 17.0 Å².